The van der Waals surface area contributed by atoms with Crippen molar-refractivity contribution in [2.75, 3.05) is 20.8 Å². The monoisotopic (exact) mass is 349 g/mol. The highest BCUT2D eigenvalue weighted by molar-refractivity contribution is 9.10. The van der Waals surface area contributed by atoms with Gasteiger partial charge in [0.2, 0.25) is 10.0 Å². The first-order chi connectivity index (χ1) is 8.96. The van der Waals surface area contributed by atoms with Crippen molar-refractivity contribution < 1.29 is 17.9 Å². The normalized spacial score (nSPS) is 11.1. The van der Waals surface area contributed by atoms with Gasteiger partial charge >= 0.3 is 0 Å². The molecule has 19 heavy (non-hydrogen) atoms. The molecule has 0 aliphatic carbocycles. The average Bonchev–Trinajstić information content (AvgIpc) is 2.38. The summed E-state index contributed by atoms with van der Waals surface area (Å²) in [6.45, 7) is 3.84. The van der Waals surface area contributed by atoms with Gasteiger partial charge in [-0.1, -0.05) is 6.08 Å². The van der Waals surface area contributed by atoms with E-state index in [1.165, 1.54) is 20.3 Å². The van der Waals surface area contributed by atoms with Crippen LogP contribution in [0.5, 0.6) is 11.5 Å². The molecule has 0 radical (unpaired) electrons. The van der Waals surface area contributed by atoms with Gasteiger partial charge in [0, 0.05) is 17.1 Å². The van der Waals surface area contributed by atoms with Crippen LogP contribution in [0.1, 0.15) is 6.42 Å². The van der Waals surface area contributed by atoms with Crippen LogP contribution in [0.15, 0.2) is 34.2 Å². The number of ether oxygens (including phenoxy) is 2. The number of rotatable bonds is 7. The molecule has 0 aromatic heterocycles. The van der Waals surface area contributed by atoms with Crippen LogP contribution in [-0.4, -0.2) is 29.2 Å². The first kappa shape index (κ1) is 16.0. The van der Waals surface area contributed by atoms with Crippen molar-refractivity contribution in [2.24, 2.45) is 0 Å². The van der Waals surface area contributed by atoms with Gasteiger partial charge in [-0.25, -0.2) is 13.1 Å². The van der Waals surface area contributed by atoms with E-state index in [0.29, 0.717) is 28.9 Å². The summed E-state index contributed by atoms with van der Waals surface area (Å²) in [5.74, 6) is 0.814. The molecule has 0 spiro atoms. The summed E-state index contributed by atoms with van der Waals surface area (Å²) in [4.78, 5) is 0.106. The fraction of sp³-hybridized carbons (Fsp3) is 0.333. The number of hydrogen-bond donors (Lipinski definition) is 1. The molecule has 5 nitrogen and oxygen atoms in total. The molecule has 0 heterocycles. The first-order valence-electron chi connectivity index (χ1n) is 5.48. The van der Waals surface area contributed by atoms with Crippen molar-refractivity contribution in [3.63, 3.8) is 0 Å². The highest BCUT2D eigenvalue weighted by Gasteiger charge is 2.20. The molecule has 0 saturated heterocycles. The molecule has 106 valence electrons. The fourth-order valence-electron chi connectivity index (χ4n) is 1.41. The lowest BCUT2D eigenvalue weighted by Gasteiger charge is -2.12. The second-order valence-corrected chi connectivity index (χ2v) is 6.20. The molecule has 0 aliphatic rings. The standard InChI is InChI=1S/C12H16BrNO4S/c1-4-5-6-14-19(15,16)12-8-11(18-3)10(17-2)7-9(12)13/h4,7-8,14H,1,5-6H2,2-3H3. The smallest absolute Gasteiger partial charge is 0.241 e. The molecule has 1 aromatic rings. The Morgan fingerprint density at radius 2 is 1.89 bits per heavy atom. The van der Waals surface area contributed by atoms with Crippen molar-refractivity contribution >= 4 is 26.0 Å². The van der Waals surface area contributed by atoms with E-state index in [4.69, 9.17) is 9.47 Å². The number of halogens is 1. The average molecular weight is 350 g/mol. The first-order valence-corrected chi connectivity index (χ1v) is 7.76. The molecule has 1 aromatic carbocycles. The van der Waals surface area contributed by atoms with Crippen LogP contribution in [-0.2, 0) is 10.0 Å². The van der Waals surface area contributed by atoms with E-state index in [2.05, 4.69) is 27.2 Å². The van der Waals surface area contributed by atoms with Gasteiger partial charge in [0.1, 0.15) is 4.90 Å². The molecule has 7 heteroatoms. The second kappa shape index (κ2) is 6.93. The zero-order chi connectivity index (χ0) is 14.5. The van der Waals surface area contributed by atoms with Crippen molar-refractivity contribution in [1.82, 2.24) is 4.72 Å². The Morgan fingerprint density at radius 1 is 1.32 bits per heavy atom. The summed E-state index contributed by atoms with van der Waals surface area (Å²) in [5, 5.41) is 0. The highest BCUT2D eigenvalue weighted by Crippen LogP contribution is 2.35. The van der Waals surface area contributed by atoms with Gasteiger partial charge in [-0.15, -0.1) is 6.58 Å². The van der Waals surface area contributed by atoms with Gasteiger partial charge in [0.15, 0.2) is 11.5 Å². The van der Waals surface area contributed by atoms with Crippen molar-refractivity contribution in [2.45, 2.75) is 11.3 Å². The van der Waals surface area contributed by atoms with Crippen molar-refractivity contribution in [3.8, 4) is 11.5 Å². The lowest BCUT2D eigenvalue weighted by atomic mass is 10.3. The second-order valence-electron chi connectivity index (χ2n) is 3.61. The van der Waals surface area contributed by atoms with Crippen LogP contribution in [0.4, 0.5) is 0 Å². The van der Waals surface area contributed by atoms with E-state index >= 15 is 0 Å². The number of hydrogen-bond acceptors (Lipinski definition) is 4. The van der Waals surface area contributed by atoms with Gasteiger partial charge in [-0.2, -0.15) is 0 Å². The molecule has 0 unspecified atom stereocenters. The Kier molecular flexibility index (Phi) is 5.84. The zero-order valence-corrected chi connectivity index (χ0v) is 13.2. The van der Waals surface area contributed by atoms with Crippen molar-refractivity contribution in [1.29, 1.82) is 0 Å². The number of methoxy groups -OCH3 is 2. The summed E-state index contributed by atoms with van der Waals surface area (Å²) in [7, 11) is -0.662. The molecule has 0 amide bonds. The summed E-state index contributed by atoms with van der Waals surface area (Å²) in [6, 6.07) is 2.97. The van der Waals surface area contributed by atoms with E-state index < -0.39 is 10.0 Å². The molecule has 0 fully saturated rings. The number of nitrogens with one attached hydrogen (secondary N) is 1. The van der Waals surface area contributed by atoms with E-state index in [1.54, 1.807) is 12.1 Å². The molecular weight excluding hydrogens is 334 g/mol. The summed E-state index contributed by atoms with van der Waals surface area (Å²) in [5.41, 5.74) is 0. The van der Waals surface area contributed by atoms with Crippen molar-refractivity contribution in [3.05, 3.63) is 29.3 Å². The van der Waals surface area contributed by atoms with Crippen LogP contribution in [0, 0.1) is 0 Å². The molecule has 1 rings (SSSR count). The molecule has 0 aliphatic heterocycles. The Hall–Kier alpha value is -1.05. The lowest BCUT2D eigenvalue weighted by Crippen LogP contribution is -2.24. The van der Waals surface area contributed by atoms with Crippen LogP contribution in [0.2, 0.25) is 0 Å². The van der Waals surface area contributed by atoms with Crippen LogP contribution in [0.25, 0.3) is 0 Å². The maximum absolute atomic E-state index is 12.1. The van der Waals surface area contributed by atoms with Gasteiger partial charge in [-0.05, 0) is 28.4 Å². The minimum atomic E-state index is -3.60. The van der Waals surface area contributed by atoms with Gasteiger partial charge in [0.05, 0.1) is 14.2 Å². The summed E-state index contributed by atoms with van der Waals surface area (Å²) in [6.07, 6.45) is 2.20. The Labute approximate surface area is 121 Å². The Morgan fingerprint density at radius 3 is 2.42 bits per heavy atom. The summed E-state index contributed by atoms with van der Waals surface area (Å²) >= 11 is 3.22. The molecule has 0 atom stereocenters. The number of sulfonamides is 1. The van der Waals surface area contributed by atoms with Crippen LogP contribution in [0.3, 0.4) is 0 Å². The van der Waals surface area contributed by atoms with Gasteiger partial charge in [0.25, 0.3) is 0 Å². The highest BCUT2D eigenvalue weighted by atomic mass is 79.9. The minimum Gasteiger partial charge on any atom is -0.493 e. The Balaban J connectivity index is 3.15. The van der Waals surface area contributed by atoms with Gasteiger partial charge < -0.3 is 9.47 Å². The SMILES string of the molecule is C=CCCNS(=O)(=O)c1cc(OC)c(OC)cc1Br. The van der Waals surface area contributed by atoms with E-state index in [-0.39, 0.29) is 4.90 Å². The predicted molar refractivity (Wildman–Crippen MR) is 77.2 cm³/mol. The fourth-order valence-corrected chi connectivity index (χ4v) is 3.50. The summed E-state index contributed by atoms with van der Waals surface area (Å²) < 4.78 is 37.3. The number of benzene rings is 1. The Bertz CT molecular complexity index is 557. The largest absolute Gasteiger partial charge is 0.493 e. The molecule has 0 saturated carbocycles. The van der Waals surface area contributed by atoms with Crippen LogP contribution < -0.4 is 14.2 Å². The minimum absolute atomic E-state index is 0.106. The van der Waals surface area contributed by atoms with E-state index in [1.807, 2.05) is 0 Å². The lowest BCUT2D eigenvalue weighted by molar-refractivity contribution is 0.353. The van der Waals surface area contributed by atoms with Crippen LogP contribution >= 0.6 is 15.9 Å². The topological polar surface area (TPSA) is 64.6 Å². The quantitative estimate of drug-likeness (QED) is 0.606. The molecule has 1 N–H and O–H groups in total. The molecular formula is C12H16BrNO4S. The maximum atomic E-state index is 12.1. The third-order valence-electron chi connectivity index (χ3n) is 2.37. The molecule has 0 bridgehead atoms. The third kappa shape index (κ3) is 3.95. The van der Waals surface area contributed by atoms with Gasteiger partial charge in [-0.3, -0.25) is 0 Å². The predicted octanol–water partition coefficient (Wildman–Crippen LogP) is 2.32. The van der Waals surface area contributed by atoms with E-state index in [0.717, 1.165) is 0 Å². The maximum Gasteiger partial charge on any atom is 0.241 e. The third-order valence-corrected chi connectivity index (χ3v) is 4.79. The zero-order valence-electron chi connectivity index (χ0n) is 10.8. The van der Waals surface area contributed by atoms with E-state index in [9.17, 15) is 8.42 Å².